The summed E-state index contributed by atoms with van der Waals surface area (Å²) in [5, 5.41) is 0. The topological polar surface area (TPSA) is 78.9 Å². The quantitative estimate of drug-likeness (QED) is 0.0261. The van der Waals surface area contributed by atoms with Crippen LogP contribution in [0.1, 0.15) is 323 Å². The maximum atomic E-state index is 12.9. The maximum Gasteiger partial charge on any atom is 0.306 e. The minimum Gasteiger partial charge on any atom is -0.462 e. The lowest BCUT2D eigenvalue weighted by atomic mass is 10.0. The first kappa shape index (κ1) is 72.6. The molecule has 0 N–H and O–H groups in total. The SMILES string of the molecule is CC/C=C\C/C=C\C/C=C\C/C=C\C/C=C\CCCCCCCCCC(=O)OCC(COC(=O)CCCCCCCCC/C=C\C/C=C\CCCCC)OC(=O)CCCCCCCCCCCCCCCCCCCC. The van der Waals surface area contributed by atoms with Gasteiger partial charge in [0.05, 0.1) is 0 Å². The Kier molecular flexibility index (Phi) is 61.2. The maximum absolute atomic E-state index is 12.9. The molecule has 0 aliphatic carbocycles. The fourth-order valence-electron chi connectivity index (χ4n) is 9.27. The Hall–Kier alpha value is -3.41. The molecule has 0 aliphatic rings. The van der Waals surface area contributed by atoms with Crippen molar-refractivity contribution in [2.24, 2.45) is 0 Å². The van der Waals surface area contributed by atoms with Crippen LogP contribution >= 0.6 is 0 Å². The number of hydrogen-bond donors (Lipinski definition) is 0. The van der Waals surface area contributed by atoms with Crippen molar-refractivity contribution < 1.29 is 28.6 Å². The van der Waals surface area contributed by atoms with E-state index in [0.717, 1.165) is 109 Å². The number of ether oxygens (including phenoxy) is 3. The van der Waals surface area contributed by atoms with Crippen molar-refractivity contribution in [2.45, 2.75) is 329 Å². The molecule has 76 heavy (non-hydrogen) atoms. The van der Waals surface area contributed by atoms with Gasteiger partial charge in [-0.15, -0.1) is 0 Å². The molecule has 438 valence electrons. The van der Waals surface area contributed by atoms with E-state index in [1.807, 2.05) is 0 Å². The van der Waals surface area contributed by atoms with Crippen molar-refractivity contribution in [3.05, 3.63) is 85.1 Å². The molecular weight excluding hydrogens is 937 g/mol. The third-order valence-corrected chi connectivity index (χ3v) is 14.1. The summed E-state index contributed by atoms with van der Waals surface area (Å²) < 4.78 is 17.0. The molecule has 1 atom stereocenters. The molecule has 0 saturated carbocycles. The van der Waals surface area contributed by atoms with E-state index >= 15 is 0 Å². The van der Waals surface area contributed by atoms with Gasteiger partial charge in [0.15, 0.2) is 6.10 Å². The standard InChI is InChI=1S/C70H122O6/c1-4-7-10-13-16-19-22-25-28-31-33-34-35-36-37-40-42-45-48-51-54-57-60-63-69(72)75-66-67(65-74-68(71)62-59-56-53-50-47-44-41-38-30-27-24-21-18-15-12-9-6-3)76-70(73)64-61-58-55-52-49-46-43-39-32-29-26-23-20-17-14-11-8-5-2/h7,10,16,18-19,21,25,27-28,30,33-34,36-37,67H,4-6,8-9,11-15,17,20,22-24,26,29,31-32,35,38-66H2,1-3H3/b10-7-,19-16-,21-18-,28-25-,30-27-,34-33-,37-36-. The van der Waals surface area contributed by atoms with Crippen molar-refractivity contribution in [1.82, 2.24) is 0 Å². The van der Waals surface area contributed by atoms with Crippen molar-refractivity contribution in [2.75, 3.05) is 13.2 Å². The summed E-state index contributed by atoms with van der Waals surface area (Å²) in [5.74, 6) is -0.884. The van der Waals surface area contributed by atoms with Crippen LogP contribution in [0.4, 0.5) is 0 Å². The van der Waals surface area contributed by atoms with E-state index in [2.05, 4.69) is 106 Å². The van der Waals surface area contributed by atoms with Gasteiger partial charge in [-0.05, 0) is 96.3 Å². The van der Waals surface area contributed by atoms with Gasteiger partial charge in [-0.2, -0.15) is 0 Å². The second kappa shape index (κ2) is 64.1. The predicted molar refractivity (Wildman–Crippen MR) is 330 cm³/mol. The molecule has 0 spiro atoms. The molecule has 0 amide bonds. The third-order valence-electron chi connectivity index (χ3n) is 14.1. The van der Waals surface area contributed by atoms with Gasteiger partial charge in [0.2, 0.25) is 0 Å². The largest absolute Gasteiger partial charge is 0.462 e. The minimum absolute atomic E-state index is 0.0816. The summed E-state index contributed by atoms with van der Waals surface area (Å²) in [4.78, 5) is 38.4. The first-order chi connectivity index (χ1) is 37.5. The zero-order chi connectivity index (χ0) is 55.0. The highest BCUT2D eigenvalue weighted by molar-refractivity contribution is 5.71. The molecule has 0 aromatic rings. The Bertz CT molecular complexity index is 1450. The Morgan fingerprint density at radius 1 is 0.276 bits per heavy atom. The molecule has 0 aromatic heterocycles. The van der Waals surface area contributed by atoms with Gasteiger partial charge in [-0.3, -0.25) is 14.4 Å². The molecule has 6 heteroatoms. The summed E-state index contributed by atoms with van der Waals surface area (Å²) in [6.07, 6.45) is 84.4. The number of esters is 3. The lowest BCUT2D eigenvalue weighted by Gasteiger charge is -2.18. The Balaban J connectivity index is 4.39. The Morgan fingerprint density at radius 2 is 0.513 bits per heavy atom. The third kappa shape index (κ3) is 61.4. The predicted octanol–water partition coefficient (Wildman–Crippen LogP) is 22.3. The molecule has 0 fully saturated rings. The lowest BCUT2D eigenvalue weighted by Crippen LogP contribution is -2.30. The van der Waals surface area contributed by atoms with E-state index in [1.165, 1.54) is 173 Å². The number of carbonyl (C=O) groups excluding carboxylic acids is 3. The van der Waals surface area contributed by atoms with E-state index in [-0.39, 0.29) is 31.1 Å². The number of allylic oxidation sites excluding steroid dienone is 14. The molecule has 0 bridgehead atoms. The van der Waals surface area contributed by atoms with Crippen LogP contribution in [0.3, 0.4) is 0 Å². The van der Waals surface area contributed by atoms with E-state index in [9.17, 15) is 14.4 Å². The smallest absolute Gasteiger partial charge is 0.306 e. The van der Waals surface area contributed by atoms with Crippen LogP contribution in [0.15, 0.2) is 85.1 Å². The highest BCUT2D eigenvalue weighted by atomic mass is 16.6. The normalized spacial score (nSPS) is 12.6. The van der Waals surface area contributed by atoms with Crippen LogP contribution in [0.25, 0.3) is 0 Å². The zero-order valence-electron chi connectivity index (χ0n) is 50.3. The number of unbranched alkanes of at least 4 members (excludes halogenated alkanes) is 34. The molecule has 0 radical (unpaired) electrons. The Morgan fingerprint density at radius 3 is 0.829 bits per heavy atom. The van der Waals surface area contributed by atoms with Crippen LogP contribution in [0, 0.1) is 0 Å². The van der Waals surface area contributed by atoms with Crippen LogP contribution in [0.2, 0.25) is 0 Å². The fraction of sp³-hybridized carbons (Fsp3) is 0.757. The van der Waals surface area contributed by atoms with Crippen LogP contribution in [-0.4, -0.2) is 37.2 Å². The number of hydrogen-bond acceptors (Lipinski definition) is 6. The van der Waals surface area contributed by atoms with Gasteiger partial charge >= 0.3 is 17.9 Å². The Labute approximate surface area is 471 Å². The number of rotatable bonds is 59. The highest BCUT2D eigenvalue weighted by Gasteiger charge is 2.19. The zero-order valence-corrected chi connectivity index (χ0v) is 50.3. The van der Waals surface area contributed by atoms with Crippen molar-refractivity contribution in [1.29, 1.82) is 0 Å². The highest BCUT2D eigenvalue weighted by Crippen LogP contribution is 2.17. The summed E-state index contributed by atoms with van der Waals surface area (Å²) in [6, 6.07) is 0. The fourth-order valence-corrected chi connectivity index (χ4v) is 9.27. The summed E-state index contributed by atoms with van der Waals surface area (Å²) in [7, 11) is 0. The second-order valence-electron chi connectivity index (χ2n) is 21.6. The lowest BCUT2D eigenvalue weighted by molar-refractivity contribution is -0.167. The van der Waals surface area contributed by atoms with E-state index in [0.29, 0.717) is 19.3 Å². The van der Waals surface area contributed by atoms with Gasteiger partial charge in [-0.25, -0.2) is 0 Å². The average molecular weight is 1060 g/mol. The summed E-state index contributed by atoms with van der Waals surface area (Å²) >= 11 is 0. The van der Waals surface area contributed by atoms with Gasteiger partial charge in [0, 0.05) is 19.3 Å². The first-order valence-electron chi connectivity index (χ1n) is 32.6. The summed E-state index contributed by atoms with van der Waals surface area (Å²) in [5.41, 5.74) is 0. The van der Waals surface area contributed by atoms with Gasteiger partial charge < -0.3 is 14.2 Å². The van der Waals surface area contributed by atoms with E-state index in [1.54, 1.807) is 0 Å². The molecule has 0 aliphatic heterocycles. The minimum atomic E-state index is -0.785. The van der Waals surface area contributed by atoms with E-state index < -0.39 is 6.10 Å². The molecule has 1 unspecified atom stereocenters. The van der Waals surface area contributed by atoms with E-state index in [4.69, 9.17) is 14.2 Å². The second-order valence-corrected chi connectivity index (χ2v) is 21.6. The first-order valence-corrected chi connectivity index (χ1v) is 32.6. The van der Waals surface area contributed by atoms with Gasteiger partial charge in [0.1, 0.15) is 13.2 Å². The molecule has 0 heterocycles. The van der Waals surface area contributed by atoms with Crippen molar-refractivity contribution >= 4 is 17.9 Å². The molecule has 0 saturated heterocycles. The summed E-state index contributed by atoms with van der Waals surface area (Å²) in [6.45, 7) is 6.53. The monoisotopic (exact) mass is 1060 g/mol. The molecular formula is C70H122O6. The van der Waals surface area contributed by atoms with Crippen molar-refractivity contribution in [3.8, 4) is 0 Å². The van der Waals surface area contributed by atoms with Gasteiger partial charge in [-0.1, -0.05) is 292 Å². The van der Waals surface area contributed by atoms with Crippen LogP contribution in [-0.2, 0) is 28.6 Å². The average Bonchev–Trinajstić information content (AvgIpc) is 3.42. The number of carbonyl (C=O) groups is 3. The van der Waals surface area contributed by atoms with Crippen LogP contribution < -0.4 is 0 Å². The molecule has 0 rings (SSSR count). The van der Waals surface area contributed by atoms with Crippen molar-refractivity contribution in [3.63, 3.8) is 0 Å². The molecule has 0 aromatic carbocycles. The molecule has 6 nitrogen and oxygen atoms in total. The van der Waals surface area contributed by atoms with Crippen LogP contribution in [0.5, 0.6) is 0 Å². The van der Waals surface area contributed by atoms with Gasteiger partial charge in [0.25, 0.3) is 0 Å².